The van der Waals surface area contributed by atoms with E-state index in [4.69, 9.17) is 4.42 Å². The minimum Gasteiger partial charge on any atom is -0.408 e. The largest absolute Gasteiger partial charge is 0.408 e. The first-order chi connectivity index (χ1) is 13.1. The van der Waals surface area contributed by atoms with Crippen molar-refractivity contribution in [3.05, 3.63) is 5.89 Å². The van der Waals surface area contributed by atoms with E-state index >= 15 is 0 Å². The van der Waals surface area contributed by atoms with Gasteiger partial charge in [0.1, 0.15) is 6.04 Å². The van der Waals surface area contributed by atoms with Crippen LogP contribution >= 0.6 is 24.2 Å². The number of halogens is 1. The SMILES string of the molecule is CNCCSc1nnc(C(=O)[C@H](CC(C)C)N(C=O)C2CCCCCC2)o1.Cl. The van der Waals surface area contributed by atoms with E-state index in [1.807, 2.05) is 7.05 Å². The van der Waals surface area contributed by atoms with Gasteiger partial charge in [0.05, 0.1) is 0 Å². The third-order valence-corrected chi connectivity index (χ3v) is 5.74. The Kier molecular flexibility index (Phi) is 11.7. The second-order valence-electron chi connectivity index (χ2n) is 7.53. The van der Waals surface area contributed by atoms with E-state index in [1.54, 1.807) is 4.90 Å². The molecule has 0 saturated heterocycles. The van der Waals surface area contributed by atoms with E-state index in [0.29, 0.717) is 11.6 Å². The minimum atomic E-state index is -0.541. The van der Waals surface area contributed by atoms with Gasteiger partial charge in [-0.1, -0.05) is 51.3 Å². The number of hydrogen-bond acceptors (Lipinski definition) is 7. The zero-order chi connectivity index (χ0) is 19.6. The van der Waals surface area contributed by atoms with Gasteiger partial charge >= 0.3 is 0 Å². The van der Waals surface area contributed by atoms with Gasteiger partial charge < -0.3 is 14.6 Å². The van der Waals surface area contributed by atoms with E-state index < -0.39 is 6.04 Å². The molecule has 1 fully saturated rings. The standard InChI is InChI=1S/C19H32N4O3S.ClH/c1-14(2)12-16(23(13-24)15-8-6-4-5-7-9-15)17(25)18-21-22-19(26-18)27-11-10-20-3;/h13-16,20H,4-12H2,1-3H3;1H/t16-;/m0./s1. The Morgan fingerprint density at radius 1 is 1.29 bits per heavy atom. The molecule has 0 unspecified atom stereocenters. The second kappa shape index (κ2) is 13.2. The van der Waals surface area contributed by atoms with Crippen LogP contribution in [0.5, 0.6) is 0 Å². The monoisotopic (exact) mass is 432 g/mol. The first-order valence-electron chi connectivity index (χ1n) is 9.94. The fourth-order valence-electron chi connectivity index (χ4n) is 3.53. The van der Waals surface area contributed by atoms with Crippen molar-refractivity contribution in [2.75, 3.05) is 19.3 Å². The summed E-state index contributed by atoms with van der Waals surface area (Å²) in [4.78, 5) is 26.8. The number of hydrogen-bond donors (Lipinski definition) is 1. The quantitative estimate of drug-likeness (QED) is 0.188. The lowest BCUT2D eigenvalue weighted by Gasteiger charge is -2.34. The molecule has 0 spiro atoms. The van der Waals surface area contributed by atoms with E-state index in [1.165, 1.54) is 24.6 Å². The number of Topliss-reactive ketones (excluding diaryl/α,β-unsaturated/α-hetero) is 1. The molecule has 0 aromatic carbocycles. The number of rotatable bonds is 11. The number of carbonyl (C=O) groups excluding carboxylic acids is 2. The van der Waals surface area contributed by atoms with Crippen LogP contribution in [0.15, 0.2) is 9.64 Å². The van der Waals surface area contributed by atoms with Gasteiger partial charge in [-0.3, -0.25) is 9.59 Å². The lowest BCUT2D eigenvalue weighted by Crippen LogP contribution is -2.47. The number of aromatic nitrogens is 2. The van der Waals surface area contributed by atoms with Crippen LogP contribution in [-0.2, 0) is 4.79 Å². The van der Waals surface area contributed by atoms with Crippen LogP contribution in [0.4, 0.5) is 0 Å². The van der Waals surface area contributed by atoms with Gasteiger partial charge in [0.2, 0.25) is 12.2 Å². The zero-order valence-electron chi connectivity index (χ0n) is 17.1. The van der Waals surface area contributed by atoms with E-state index in [-0.39, 0.29) is 36.0 Å². The summed E-state index contributed by atoms with van der Waals surface area (Å²) in [6.45, 7) is 4.93. The number of thioether (sulfide) groups is 1. The van der Waals surface area contributed by atoms with Crippen LogP contribution in [0, 0.1) is 5.92 Å². The van der Waals surface area contributed by atoms with Crippen LogP contribution in [0.3, 0.4) is 0 Å². The van der Waals surface area contributed by atoms with Crippen LogP contribution < -0.4 is 5.32 Å². The van der Waals surface area contributed by atoms with Crippen molar-refractivity contribution in [1.82, 2.24) is 20.4 Å². The summed E-state index contributed by atoms with van der Waals surface area (Å²) < 4.78 is 5.58. The highest BCUT2D eigenvalue weighted by molar-refractivity contribution is 7.99. The Balaban J connectivity index is 0.00000392. The van der Waals surface area contributed by atoms with E-state index in [9.17, 15) is 9.59 Å². The molecular formula is C19H33ClN4O3S. The third-order valence-electron chi connectivity index (χ3n) is 4.92. The van der Waals surface area contributed by atoms with Crippen LogP contribution in [0.1, 0.15) is 69.5 Å². The molecular weight excluding hydrogens is 400 g/mol. The Morgan fingerprint density at radius 2 is 1.96 bits per heavy atom. The molecule has 28 heavy (non-hydrogen) atoms. The van der Waals surface area contributed by atoms with Gasteiger partial charge in [0.15, 0.2) is 0 Å². The maximum Gasteiger partial charge on any atom is 0.286 e. The summed E-state index contributed by atoms with van der Waals surface area (Å²) in [7, 11) is 1.88. The van der Waals surface area contributed by atoms with Crippen molar-refractivity contribution in [2.24, 2.45) is 5.92 Å². The van der Waals surface area contributed by atoms with Gasteiger partial charge in [0, 0.05) is 18.3 Å². The maximum atomic E-state index is 13.1. The smallest absolute Gasteiger partial charge is 0.286 e. The predicted molar refractivity (Wildman–Crippen MR) is 113 cm³/mol. The van der Waals surface area contributed by atoms with E-state index in [2.05, 4.69) is 29.4 Å². The molecule has 2 rings (SSSR count). The molecule has 1 aliphatic carbocycles. The fourth-order valence-corrected chi connectivity index (χ4v) is 4.25. The van der Waals surface area contributed by atoms with Gasteiger partial charge in [-0.05, 0) is 32.2 Å². The van der Waals surface area contributed by atoms with Gasteiger partial charge in [0.25, 0.3) is 11.1 Å². The molecule has 0 aliphatic heterocycles. The van der Waals surface area contributed by atoms with Crippen molar-refractivity contribution < 1.29 is 14.0 Å². The normalized spacial score (nSPS) is 16.3. The number of ketones is 1. The summed E-state index contributed by atoms with van der Waals surface area (Å²) in [6.07, 6.45) is 7.95. The average Bonchev–Trinajstić information content (AvgIpc) is 2.95. The summed E-state index contributed by atoms with van der Waals surface area (Å²) in [5.41, 5.74) is 0. The maximum absolute atomic E-state index is 13.1. The first-order valence-corrected chi connectivity index (χ1v) is 10.9. The number of amides is 1. The predicted octanol–water partition coefficient (Wildman–Crippen LogP) is 3.58. The lowest BCUT2D eigenvalue weighted by atomic mass is 9.95. The highest BCUT2D eigenvalue weighted by atomic mass is 35.5. The van der Waals surface area contributed by atoms with Crippen LogP contribution in [-0.4, -0.2) is 58.7 Å². The molecule has 1 saturated carbocycles. The molecule has 0 radical (unpaired) electrons. The molecule has 1 aromatic heterocycles. The molecule has 7 nitrogen and oxygen atoms in total. The topological polar surface area (TPSA) is 88.3 Å². The first kappa shape index (κ1) is 24.9. The Bertz CT molecular complexity index is 591. The summed E-state index contributed by atoms with van der Waals surface area (Å²) in [5.74, 6) is 0.824. The Labute approximate surface area is 178 Å². The highest BCUT2D eigenvalue weighted by Crippen LogP contribution is 2.26. The molecule has 0 bridgehead atoms. The van der Waals surface area contributed by atoms with Crippen molar-refractivity contribution in [1.29, 1.82) is 0 Å². The minimum absolute atomic E-state index is 0. The second-order valence-corrected chi connectivity index (χ2v) is 8.58. The van der Waals surface area contributed by atoms with Gasteiger partial charge in [-0.25, -0.2) is 0 Å². The van der Waals surface area contributed by atoms with Crippen LogP contribution in [0.25, 0.3) is 0 Å². The summed E-state index contributed by atoms with van der Waals surface area (Å²) in [6, 6.07) is -0.425. The molecule has 1 atom stereocenters. The van der Waals surface area contributed by atoms with Gasteiger partial charge in [-0.2, -0.15) is 0 Å². The Hall–Kier alpha value is -1.12. The molecule has 1 heterocycles. The number of carbonyl (C=O) groups is 2. The molecule has 1 aromatic rings. The molecule has 9 heteroatoms. The van der Waals surface area contributed by atoms with E-state index in [0.717, 1.165) is 44.4 Å². The lowest BCUT2D eigenvalue weighted by molar-refractivity contribution is -0.122. The number of nitrogens with zero attached hydrogens (tertiary/aromatic N) is 3. The van der Waals surface area contributed by atoms with Gasteiger partial charge in [-0.15, -0.1) is 22.6 Å². The molecule has 160 valence electrons. The average molecular weight is 433 g/mol. The number of nitrogens with one attached hydrogen (secondary N) is 1. The summed E-state index contributed by atoms with van der Waals surface area (Å²) in [5, 5.41) is 11.4. The summed E-state index contributed by atoms with van der Waals surface area (Å²) >= 11 is 1.42. The fraction of sp³-hybridized carbons (Fsp3) is 0.789. The Morgan fingerprint density at radius 3 is 2.54 bits per heavy atom. The third kappa shape index (κ3) is 7.37. The van der Waals surface area contributed by atoms with Crippen molar-refractivity contribution in [3.8, 4) is 0 Å². The van der Waals surface area contributed by atoms with Crippen molar-refractivity contribution in [2.45, 2.75) is 76.1 Å². The van der Waals surface area contributed by atoms with Crippen LogP contribution in [0.2, 0.25) is 0 Å². The molecule has 1 amide bonds. The zero-order valence-corrected chi connectivity index (χ0v) is 18.7. The highest BCUT2D eigenvalue weighted by Gasteiger charge is 2.34. The van der Waals surface area contributed by atoms with Crippen molar-refractivity contribution >= 4 is 36.4 Å². The molecule has 1 N–H and O–H groups in total. The molecule has 1 aliphatic rings. The van der Waals surface area contributed by atoms with Crippen molar-refractivity contribution in [3.63, 3.8) is 0 Å².